The van der Waals surface area contributed by atoms with Crippen LogP contribution in [0, 0.1) is 5.82 Å². The molecule has 2 nitrogen and oxygen atoms in total. The summed E-state index contributed by atoms with van der Waals surface area (Å²) < 4.78 is 20.1. The van der Waals surface area contributed by atoms with Crippen LogP contribution in [0.4, 0.5) is 4.39 Å². The molecule has 1 aliphatic carbocycles. The molecule has 0 spiro atoms. The van der Waals surface area contributed by atoms with Gasteiger partial charge in [0.25, 0.3) is 0 Å². The quantitative estimate of drug-likeness (QED) is 0.641. The number of ether oxygens (including phenoxy) is 1. The van der Waals surface area contributed by atoms with Crippen molar-refractivity contribution < 1.29 is 9.13 Å². The van der Waals surface area contributed by atoms with Gasteiger partial charge in [-0.2, -0.15) is 0 Å². The van der Waals surface area contributed by atoms with Crippen molar-refractivity contribution in [2.24, 2.45) is 0 Å². The summed E-state index contributed by atoms with van der Waals surface area (Å²) in [7, 11) is 1.59. The van der Waals surface area contributed by atoms with Crippen LogP contribution in [-0.4, -0.2) is 12.1 Å². The third kappa shape index (κ3) is 3.53. The highest BCUT2D eigenvalue weighted by atomic mass is 19.1. The minimum absolute atomic E-state index is 0.225. The van der Waals surface area contributed by atoms with Crippen LogP contribution in [0.5, 0.6) is 5.75 Å². The maximum absolute atomic E-state index is 14.6. The Morgan fingerprint density at radius 1 is 1.15 bits per heavy atom. The highest BCUT2D eigenvalue weighted by molar-refractivity contribution is 5.75. The number of hydrogen-bond donors (Lipinski definition) is 0. The van der Waals surface area contributed by atoms with Crippen LogP contribution in [-0.2, 0) is 11.8 Å². The van der Waals surface area contributed by atoms with E-state index >= 15 is 0 Å². The largest absolute Gasteiger partial charge is 0.496 e. The Hall–Kier alpha value is -2.16. The second-order valence-electron chi connectivity index (χ2n) is 7.95. The van der Waals surface area contributed by atoms with Gasteiger partial charge in [-0.3, -0.25) is 4.98 Å². The van der Waals surface area contributed by atoms with Crippen molar-refractivity contribution in [1.82, 2.24) is 4.98 Å². The van der Waals surface area contributed by atoms with Crippen molar-refractivity contribution in [3.8, 4) is 16.9 Å². The maximum atomic E-state index is 14.6. The highest BCUT2D eigenvalue weighted by Crippen LogP contribution is 2.38. The van der Waals surface area contributed by atoms with Gasteiger partial charge in [-0.25, -0.2) is 4.39 Å². The lowest BCUT2D eigenvalue weighted by Gasteiger charge is -2.23. The predicted octanol–water partition coefficient (Wildman–Crippen LogP) is 6.32. The van der Waals surface area contributed by atoms with Crippen molar-refractivity contribution >= 4 is 5.57 Å². The van der Waals surface area contributed by atoms with Gasteiger partial charge in [0, 0.05) is 22.9 Å². The number of rotatable bonds is 4. The summed E-state index contributed by atoms with van der Waals surface area (Å²) in [5.41, 5.74) is 5.79. The Morgan fingerprint density at radius 3 is 2.50 bits per heavy atom. The number of methoxy groups -OCH3 is 1. The van der Waals surface area contributed by atoms with Crippen molar-refractivity contribution in [3.63, 3.8) is 0 Å². The first kappa shape index (κ1) is 18.6. The molecule has 0 N–H and O–H groups in total. The van der Waals surface area contributed by atoms with Crippen LogP contribution in [0.1, 0.15) is 63.9 Å². The normalized spacial score (nSPS) is 14.5. The Balaban J connectivity index is 2.16. The Morgan fingerprint density at radius 2 is 1.92 bits per heavy atom. The van der Waals surface area contributed by atoms with Crippen molar-refractivity contribution in [2.75, 3.05) is 7.11 Å². The van der Waals surface area contributed by atoms with Gasteiger partial charge in [-0.15, -0.1) is 0 Å². The molecule has 0 aliphatic heterocycles. The number of halogens is 1. The molecule has 0 saturated carbocycles. The smallest absolute Gasteiger partial charge is 0.130 e. The first-order chi connectivity index (χ1) is 12.3. The van der Waals surface area contributed by atoms with Crippen LogP contribution < -0.4 is 4.74 Å². The minimum atomic E-state index is -0.278. The Kier molecular flexibility index (Phi) is 5.17. The third-order valence-corrected chi connectivity index (χ3v) is 5.07. The average molecular weight is 353 g/mol. The van der Waals surface area contributed by atoms with Crippen LogP contribution in [0.3, 0.4) is 0 Å². The first-order valence-electron chi connectivity index (χ1n) is 9.43. The van der Waals surface area contributed by atoms with E-state index in [1.165, 1.54) is 18.1 Å². The third-order valence-electron chi connectivity index (χ3n) is 5.07. The molecule has 0 fully saturated rings. The molecule has 0 atom stereocenters. The second kappa shape index (κ2) is 7.22. The van der Waals surface area contributed by atoms with E-state index < -0.39 is 0 Å². The topological polar surface area (TPSA) is 22.1 Å². The van der Waals surface area contributed by atoms with E-state index in [0.29, 0.717) is 11.3 Å². The van der Waals surface area contributed by atoms with Crippen molar-refractivity contribution in [2.45, 2.75) is 58.8 Å². The van der Waals surface area contributed by atoms with Crippen LogP contribution in [0.15, 0.2) is 30.3 Å². The van der Waals surface area contributed by atoms with E-state index in [-0.39, 0.29) is 11.2 Å². The fourth-order valence-corrected chi connectivity index (χ4v) is 3.61. The van der Waals surface area contributed by atoms with Gasteiger partial charge in [-0.1, -0.05) is 39.8 Å². The van der Waals surface area contributed by atoms with Crippen molar-refractivity contribution in [1.29, 1.82) is 0 Å². The van der Waals surface area contributed by atoms with Crippen molar-refractivity contribution in [3.05, 3.63) is 53.1 Å². The van der Waals surface area contributed by atoms with Gasteiger partial charge in [0.05, 0.1) is 12.8 Å². The summed E-state index contributed by atoms with van der Waals surface area (Å²) in [6.45, 7) is 8.18. The van der Waals surface area contributed by atoms with Crippen LogP contribution in [0.2, 0.25) is 0 Å². The second-order valence-corrected chi connectivity index (χ2v) is 7.95. The van der Waals surface area contributed by atoms with Crippen LogP contribution in [0.25, 0.3) is 16.7 Å². The molecule has 0 radical (unpaired) electrons. The zero-order valence-electron chi connectivity index (χ0n) is 16.4. The average Bonchev–Trinajstić information content (AvgIpc) is 3.14. The molecule has 0 bridgehead atoms. The molecule has 3 heteroatoms. The molecule has 2 aromatic rings. The SMILES string of the molecule is CCc1nc(C2=CCCC2)ccc1-c1cc(C(C)(C)C)c(F)cc1OC. The van der Waals surface area contributed by atoms with E-state index in [1.807, 2.05) is 26.8 Å². The Labute approximate surface area is 156 Å². The Bertz CT molecular complexity index is 846. The number of benzene rings is 1. The highest BCUT2D eigenvalue weighted by Gasteiger charge is 2.23. The van der Waals surface area contributed by atoms with Gasteiger partial charge >= 0.3 is 0 Å². The summed E-state index contributed by atoms with van der Waals surface area (Å²) in [6, 6.07) is 7.63. The van der Waals surface area contributed by atoms with E-state index in [1.54, 1.807) is 7.11 Å². The molecule has 1 aliphatic rings. The molecule has 1 aromatic carbocycles. The number of nitrogens with zero attached hydrogens (tertiary/aromatic N) is 1. The lowest BCUT2D eigenvalue weighted by Crippen LogP contribution is -2.14. The summed E-state index contributed by atoms with van der Waals surface area (Å²) in [5, 5.41) is 0. The lowest BCUT2D eigenvalue weighted by atomic mass is 9.84. The number of hydrogen-bond acceptors (Lipinski definition) is 2. The summed E-state index contributed by atoms with van der Waals surface area (Å²) >= 11 is 0. The zero-order chi connectivity index (χ0) is 18.9. The fraction of sp³-hybridized carbons (Fsp3) is 0.435. The van der Waals surface area contributed by atoms with Gasteiger partial charge in [0.2, 0.25) is 0 Å². The molecule has 138 valence electrons. The molecule has 1 aromatic heterocycles. The molecule has 0 unspecified atom stereocenters. The maximum Gasteiger partial charge on any atom is 0.130 e. The number of pyridine rings is 1. The molecule has 3 rings (SSSR count). The van der Waals surface area contributed by atoms with E-state index in [9.17, 15) is 4.39 Å². The molecule has 0 amide bonds. The number of aryl methyl sites for hydroxylation is 1. The summed E-state index contributed by atoms with van der Waals surface area (Å²) in [6.07, 6.45) is 6.56. The van der Waals surface area contributed by atoms with Gasteiger partial charge in [0.1, 0.15) is 11.6 Å². The number of aromatic nitrogens is 1. The minimum Gasteiger partial charge on any atom is -0.496 e. The van der Waals surface area contributed by atoms with Gasteiger partial charge < -0.3 is 4.74 Å². The van der Waals surface area contributed by atoms with Gasteiger partial charge in [-0.05, 0) is 54.4 Å². The van der Waals surface area contributed by atoms with E-state index in [0.717, 1.165) is 41.8 Å². The van der Waals surface area contributed by atoms with E-state index in [2.05, 4.69) is 25.1 Å². The zero-order valence-corrected chi connectivity index (χ0v) is 16.4. The van der Waals surface area contributed by atoms with Crippen LogP contribution >= 0.6 is 0 Å². The molecule has 1 heterocycles. The number of allylic oxidation sites excluding steroid dienone is 2. The van der Waals surface area contributed by atoms with E-state index in [4.69, 9.17) is 9.72 Å². The monoisotopic (exact) mass is 353 g/mol. The fourth-order valence-electron chi connectivity index (χ4n) is 3.61. The molecular weight excluding hydrogens is 325 g/mol. The summed E-state index contributed by atoms with van der Waals surface area (Å²) in [4.78, 5) is 4.92. The molecule has 26 heavy (non-hydrogen) atoms. The first-order valence-corrected chi connectivity index (χ1v) is 9.43. The lowest BCUT2D eigenvalue weighted by molar-refractivity contribution is 0.410. The molecule has 0 saturated heterocycles. The standard InChI is InChI=1S/C23H28FNO/c1-6-20-16(11-12-21(25-20)15-9-7-8-10-15)17-13-18(23(2,3)4)19(24)14-22(17)26-5/h9,11-14H,6-8,10H2,1-5H3. The summed E-state index contributed by atoms with van der Waals surface area (Å²) in [5.74, 6) is 0.330. The van der Waals surface area contributed by atoms with Gasteiger partial charge in [0.15, 0.2) is 0 Å². The molecular formula is C23H28FNO. The predicted molar refractivity (Wildman–Crippen MR) is 106 cm³/mol.